The van der Waals surface area contributed by atoms with Crippen molar-refractivity contribution in [2.24, 2.45) is 0 Å². The van der Waals surface area contributed by atoms with E-state index < -0.39 is 0 Å². The van der Waals surface area contributed by atoms with Crippen molar-refractivity contribution in [3.8, 4) is 0 Å². The van der Waals surface area contributed by atoms with Gasteiger partial charge in [-0.2, -0.15) is 0 Å². The number of benzene rings is 2. The molecule has 3 heterocycles. The molecule has 3 aromatic rings. The van der Waals surface area contributed by atoms with Crippen LogP contribution in [0, 0.1) is 0 Å². The van der Waals surface area contributed by atoms with E-state index in [1.54, 1.807) is 0 Å². The number of para-hydroxylation sites is 2. The van der Waals surface area contributed by atoms with E-state index in [-0.39, 0.29) is 11.3 Å². The average Bonchev–Trinajstić information content (AvgIpc) is 3.38. The minimum absolute atomic E-state index is 0.235. The van der Waals surface area contributed by atoms with Crippen LogP contribution in [0.25, 0.3) is 11.1 Å². The molecule has 3 aliphatic rings. The van der Waals surface area contributed by atoms with Crippen LogP contribution in [0.4, 0.5) is 5.69 Å². The Kier molecular flexibility index (Phi) is 5.02. The van der Waals surface area contributed by atoms with Crippen LogP contribution in [-0.2, 0) is 16.6 Å². The van der Waals surface area contributed by atoms with E-state index in [4.69, 9.17) is 9.40 Å². The number of anilines is 1. The van der Waals surface area contributed by atoms with E-state index in [0.29, 0.717) is 5.92 Å². The number of fused-ring (bicyclic) bond motifs is 1. The molecule has 2 aliphatic heterocycles. The summed E-state index contributed by atoms with van der Waals surface area (Å²) in [7, 11) is 0. The molecule has 1 aliphatic carbocycles. The zero-order valence-corrected chi connectivity index (χ0v) is 18.6. The third-order valence-electron chi connectivity index (χ3n) is 7.94. The first kappa shape index (κ1) is 20.0. The molecule has 0 saturated carbocycles. The lowest BCUT2D eigenvalue weighted by Crippen LogP contribution is -2.38. The summed E-state index contributed by atoms with van der Waals surface area (Å²) in [5.41, 5.74) is 5.35. The fourth-order valence-electron chi connectivity index (χ4n) is 6.25. The van der Waals surface area contributed by atoms with Crippen LogP contribution in [0.1, 0.15) is 67.9 Å². The van der Waals surface area contributed by atoms with E-state index in [0.717, 1.165) is 93.7 Å². The maximum Gasteiger partial charge on any atom is 0.235 e. The number of aromatic nitrogens is 1. The quantitative estimate of drug-likeness (QED) is 0.533. The van der Waals surface area contributed by atoms with Crippen molar-refractivity contribution >= 4 is 22.7 Å². The summed E-state index contributed by atoms with van der Waals surface area (Å²) in [6.45, 7) is 3.32. The first-order valence-corrected chi connectivity index (χ1v) is 12.2. The number of likely N-dealkylation sites (tertiary alicyclic amines) is 1. The van der Waals surface area contributed by atoms with Gasteiger partial charge in [0, 0.05) is 11.6 Å². The first-order valence-electron chi connectivity index (χ1n) is 12.2. The Labute approximate surface area is 189 Å². The monoisotopic (exact) mass is 429 g/mol. The Hall–Kier alpha value is -2.66. The lowest BCUT2D eigenvalue weighted by molar-refractivity contribution is -0.121. The molecule has 5 heteroatoms. The van der Waals surface area contributed by atoms with Crippen molar-refractivity contribution in [1.29, 1.82) is 0 Å². The average molecular weight is 430 g/mol. The fourth-order valence-corrected chi connectivity index (χ4v) is 6.25. The maximum atomic E-state index is 13.0. The SMILES string of the molecule is O=C1Nc2cccc3c2C1(CCCCN1CCC(c2nc4ccccc4o2)CC1)CCC3. The minimum Gasteiger partial charge on any atom is -0.440 e. The van der Waals surface area contributed by atoms with Gasteiger partial charge in [0.05, 0.1) is 5.41 Å². The van der Waals surface area contributed by atoms with E-state index in [1.165, 1.54) is 11.1 Å². The molecule has 5 nitrogen and oxygen atoms in total. The fraction of sp³-hybridized carbons (Fsp3) is 0.481. The van der Waals surface area contributed by atoms with E-state index in [1.807, 2.05) is 24.3 Å². The van der Waals surface area contributed by atoms with Crippen molar-refractivity contribution in [2.75, 3.05) is 25.0 Å². The Morgan fingerprint density at radius 1 is 1.09 bits per heavy atom. The van der Waals surface area contributed by atoms with Crippen LogP contribution in [0.15, 0.2) is 46.9 Å². The van der Waals surface area contributed by atoms with Gasteiger partial charge in [-0.05, 0) is 93.9 Å². The molecule has 1 unspecified atom stereocenters. The zero-order valence-electron chi connectivity index (χ0n) is 18.6. The number of nitrogens with one attached hydrogen (secondary N) is 1. The van der Waals surface area contributed by atoms with Gasteiger partial charge < -0.3 is 14.6 Å². The lowest BCUT2D eigenvalue weighted by atomic mass is 9.68. The van der Waals surface area contributed by atoms with Gasteiger partial charge in [0.25, 0.3) is 0 Å². The van der Waals surface area contributed by atoms with Gasteiger partial charge in [0.15, 0.2) is 11.5 Å². The number of piperidine rings is 1. The molecule has 1 atom stereocenters. The minimum atomic E-state index is -0.274. The second-order valence-electron chi connectivity index (χ2n) is 9.82. The lowest BCUT2D eigenvalue weighted by Gasteiger charge is -2.34. The van der Waals surface area contributed by atoms with Crippen molar-refractivity contribution in [2.45, 2.75) is 62.7 Å². The predicted octanol–water partition coefficient (Wildman–Crippen LogP) is 5.40. The van der Waals surface area contributed by atoms with Crippen molar-refractivity contribution < 1.29 is 9.21 Å². The summed E-state index contributed by atoms with van der Waals surface area (Å²) >= 11 is 0. The number of carbonyl (C=O) groups excluding carboxylic acids is 1. The smallest absolute Gasteiger partial charge is 0.235 e. The molecule has 1 aromatic heterocycles. The van der Waals surface area contributed by atoms with Crippen LogP contribution in [0.3, 0.4) is 0 Å². The molecule has 1 fully saturated rings. The van der Waals surface area contributed by atoms with Gasteiger partial charge in [-0.25, -0.2) is 4.98 Å². The number of oxazole rings is 1. The number of hydrogen-bond donors (Lipinski definition) is 1. The molecule has 0 spiro atoms. The maximum absolute atomic E-state index is 13.0. The van der Waals surface area contributed by atoms with Gasteiger partial charge in [-0.1, -0.05) is 30.7 Å². The first-order chi connectivity index (χ1) is 15.7. The van der Waals surface area contributed by atoms with E-state index >= 15 is 0 Å². The highest BCUT2D eigenvalue weighted by Gasteiger charge is 2.48. The molecule has 0 bridgehead atoms. The molecule has 32 heavy (non-hydrogen) atoms. The summed E-state index contributed by atoms with van der Waals surface area (Å²) in [6, 6.07) is 14.4. The normalized spacial score (nSPS) is 23.4. The summed E-state index contributed by atoms with van der Waals surface area (Å²) < 4.78 is 6.01. The number of aryl methyl sites for hydroxylation is 1. The molecular formula is C27H31N3O2. The third kappa shape index (κ3) is 3.34. The number of nitrogens with zero attached hydrogens (tertiary/aromatic N) is 2. The third-order valence-corrected chi connectivity index (χ3v) is 7.94. The van der Waals surface area contributed by atoms with Crippen molar-refractivity contribution in [3.05, 3.63) is 59.5 Å². The second kappa shape index (κ2) is 8.04. The molecule has 0 radical (unpaired) electrons. The number of amides is 1. The zero-order chi connectivity index (χ0) is 21.5. The van der Waals surface area contributed by atoms with Gasteiger partial charge in [0.2, 0.25) is 5.91 Å². The topological polar surface area (TPSA) is 58.4 Å². The standard InChI is InChI=1S/C27H31N3O2/c31-26-27(15-6-8-19-7-5-10-22(29-26)24(19)27)14-3-4-16-30-17-12-20(13-18-30)25-28-21-9-1-2-11-23(21)32-25/h1-2,5,7,9-11,20H,3-4,6,8,12-18H2,(H,29,31). The van der Waals surface area contributed by atoms with E-state index in [2.05, 4.69) is 28.4 Å². The largest absolute Gasteiger partial charge is 0.440 e. The second-order valence-corrected chi connectivity index (χ2v) is 9.82. The summed E-state index contributed by atoms with van der Waals surface area (Å²) in [4.78, 5) is 20.3. The van der Waals surface area contributed by atoms with Gasteiger partial charge in [-0.3, -0.25) is 4.79 Å². The van der Waals surface area contributed by atoms with Crippen LogP contribution in [0.2, 0.25) is 0 Å². The Morgan fingerprint density at radius 3 is 2.84 bits per heavy atom. The highest BCUT2D eigenvalue weighted by atomic mass is 16.3. The highest BCUT2D eigenvalue weighted by molar-refractivity contribution is 6.07. The number of unbranched alkanes of at least 4 members (excludes halogenated alkanes) is 1. The molecule has 1 N–H and O–H groups in total. The molecule has 1 amide bonds. The Bertz CT molecular complexity index is 1110. The van der Waals surface area contributed by atoms with Crippen molar-refractivity contribution in [1.82, 2.24) is 9.88 Å². The van der Waals surface area contributed by atoms with Crippen molar-refractivity contribution in [3.63, 3.8) is 0 Å². The number of hydrogen-bond acceptors (Lipinski definition) is 4. The van der Waals surface area contributed by atoms with Crippen LogP contribution < -0.4 is 5.32 Å². The van der Waals surface area contributed by atoms with Gasteiger partial charge in [-0.15, -0.1) is 0 Å². The molecule has 1 saturated heterocycles. The van der Waals surface area contributed by atoms with Crippen LogP contribution >= 0.6 is 0 Å². The van der Waals surface area contributed by atoms with Crippen LogP contribution in [-0.4, -0.2) is 35.4 Å². The molecular weight excluding hydrogens is 398 g/mol. The molecule has 2 aromatic carbocycles. The van der Waals surface area contributed by atoms with Gasteiger partial charge in [0.1, 0.15) is 5.52 Å². The Morgan fingerprint density at radius 2 is 1.97 bits per heavy atom. The number of rotatable bonds is 6. The predicted molar refractivity (Wildman–Crippen MR) is 126 cm³/mol. The van der Waals surface area contributed by atoms with Crippen LogP contribution in [0.5, 0.6) is 0 Å². The van der Waals surface area contributed by atoms with E-state index in [9.17, 15) is 4.79 Å². The highest BCUT2D eigenvalue weighted by Crippen LogP contribution is 2.49. The number of carbonyl (C=O) groups is 1. The molecule has 166 valence electrons. The molecule has 6 rings (SSSR count). The summed E-state index contributed by atoms with van der Waals surface area (Å²) in [5.74, 6) is 1.57. The summed E-state index contributed by atoms with van der Waals surface area (Å²) in [6.07, 6.45) is 8.67. The summed E-state index contributed by atoms with van der Waals surface area (Å²) in [5, 5.41) is 3.18. The van der Waals surface area contributed by atoms with Gasteiger partial charge >= 0.3 is 0 Å². The Balaban J connectivity index is 1.02.